The van der Waals surface area contributed by atoms with Crippen molar-refractivity contribution in [2.75, 3.05) is 23.5 Å². The number of carbonyl (C=O) groups excluding carboxylic acids is 1. The van der Waals surface area contributed by atoms with Gasteiger partial charge in [-0.3, -0.25) is 14.0 Å². The number of anilines is 1. The van der Waals surface area contributed by atoms with E-state index in [1.807, 2.05) is 13.0 Å². The Balaban J connectivity index is 2.30. The molecular formula is C15H19ClN4O2S. The lowest BCUT2D eigenvalue weighted by atomic mass is 10.2. The van der Waals surface area contributed by atoms with Gasteiger partial charge in [0.2, 0.25) is 5.91 Å². The largest absolute Gasteiger partial charge is 0.308 e. The zero-order chi connectivity index (χ0) is 17.0. The third-order valence-corrected chi connectivity index (χ3v) is 4.58. The van der Waals surface area contributed by atoms with Crippen molar-refractivity contribution in [3.05, 3.63) is 35.9 Å². The average molecular weight is 355 g/mol. The van der Waals surface area contributed by atoms with Gasteiger partial charge in [0.1, 0.15) is 5.69 Å². The van der Waals surface area contributed by atoms with Gasteiger partial charge in [-0.25, -0.2) is 4.68 Å². The molecule has 8 heteroatoms. The fourth-order valence-electron chi connectivity index (χ4n) is 2.28. The normalized spacial score (nSPS) is 13.6. The Kier molecular flexibility index (Phi) is 5.90. The number of hydrogen-bond donors (Lipinski definition) is 0. The second-order valence-electron chi connectivity index (χ2n) is 5.18. The molecule has 2 atom stereocenters. The molecule has 2 rings (SSSR count). The lowest BCUT2D eigenvalue weighted by molar-refractivity contribution is -0.121. The van der Waals surface area contributed by atoms with Crippen molar-refractivity contribution in [1.82, 2.24) is 14.8 Å². The van der Waals surface area contributed by atoms with Gasteiger partial charge in [-0.1, -0.05) is 18.5 Å². The Morgan fingerprint density at radius 3 is 2.83 bits per heavy atom. The quantitative estimate of drug-likeness (QED) is 0.798. The lowest BCUT2D eigenvalue weighted by Gasteiger charge is -2.22. The van der Waals surface area contributed by atoms with Crippen LogP contribution in [0.15, 0.2) is 30.7 Å². The highest BCUT2D eigenvalue weighted by molar-refractivity contribution is 7.84. The lowest BCUT2D eigenvalue weighted by Crippen LogP contribution is -2.37. The number of nitrogens with zero attached hydrogens (tertiary/aromatic N) is 4. The first-order valence-electron chi connectivity index (χ1n) is 7.21. The number of halogens is 1. The van der Waals surface area contributed by atoms with Crippen LogP contribution in [0.4, 0.5) is 5.69 Å². The first-order chi connectivity index (χ1) is 10.9. The summed E-state index contributed by atoms with van der Waals surface area (Å²) < 4.78 is 12.9. The molecule has 2 aromatic rings. The van der Waals surface area contributed by atoms with E-state index in [2.05, 4.69) is 10.1 Å². The number of hydrogen-bond acceptors (Lipinski definition) is 4. The summed E-state index contributed by atoms with van der Waals surface area (Å²) in [5, 5.41) is 4.48. The molecule has 124 valence electrons. The van der Waals surface area contributed by atoms with Crippen LogP contribution in [0, 0.1) is 5.92 Å². The van der Waals surface area contributed by atoms with E-state index in [1.165, 1.54) is 0 Å². The summed E-state index contributed by atoms with van der Waals surface area (Å²) in [5.74, 6) is -0.141. The molecule has 0 aliphatic heterocycles. The van der Waals surface area contributed by atoms with Crippen molar-refractivity contribution in [2.45, 2.75) is 13.8 Å². The van der Waals surface area contributed by atoms with E-state index >= 15 is 0 Å². The van der Waals surface area contributed by atoms with Gasteiger partial charge in [-0.2, -0.15) is 5.10 Å². The summed E-state index contributed by atoms with van der Waals surface area (Å²) in [6, 6.07) is 3.65. The van der Waals surface area contributed by atoms with Gasteiger partial charge >= 0.3 is 0 Å². The minimum absolute atomic E-state index is 0.115. The molecule has 2 heterocycles. The maximum Gasteiger partial charge on any atom is 0.230 e. The van der Waals surface area contributed by atoms with Crippen LogP contribution in [-0.4, -0.2) is 43.4 Å². The van der Waals surface area contributed by atoms with Crippen LogP contribution in [0.25, 0.3) is 5.69 Å². The zero-order valence-corrected chi connectivity index (χ0v) is 14.8. The molecule has 2 aromatic heterocycles. The molecule has 0 saturated heterocycles. The summed E-state index contributed by atoms with van der Waals surface area (Å²) in [7, 11) is -1.03. The number of carbonyl (C=O) groups is 1. The molecule has 0 radical (unpaired) electrons. The van der Waals surface area contributed by atoms with Crippen LogP contribution in [-0.2, 0) is 15.6 Å². The van der Waals surface area contributed by atoms with Gasteiger partial charge in [0.05, 0.1) is 18.1 Å². The predicted octanol–water partition coefficient (Wildman–Crippen LogP) is 2.29. The monoisotopic (exact) mass is 354 g/mol. The van der Waals surface area contributed by atoms with Crippen molar-refractivity contribution < 1.29 is 9.00 Å². The standard InChI is InChI=1S/C15H19ClN4O2S/c1-4-19(15(21)11(2)10-23(3)22)13-9-20(18-14(13)16)12-6-5-7-17-8-12/h5-9,11H,4,10H2,1-3H3. The van der Waals surface area contributed by atoms with Crippen LogP contribution in [0.3, 0.4) is 0 Å². The van der Waals surface area contributed by atoms with Gasteiger partial charge < -0.3 is 4.90 Å². The molecule has 23 heavy (non-hydrogen) atoms. The number of pyridine rings is 1. The molecule has 0 aromatic carbocycles. The SMILES string of the molecule is CCN(C(=O)C(C)CS(C)=O)c1cn(-c2cccnc2)nc1Cl. The zero-order valence-electron chi connectivity index (χ0n) is 13.3. The van der Waals surface area contributed by atoms with Crippen molar-refractivity contribution in [3.63, 3.8) is 0 Å². The molecule has 0 N–H and O–H groups in total. The molecule has 0 fully saturated rings. The van der Waals surface area contributed by atoms with Crippen LogP contribution >= 0.6 is 11.6 Å². The minimum atomic E-state index is -1.03. The van der Waals surface area contributed by atoms with Crippen LogP contribution < -0.4 is 4.90 Å². The molecule has 0 bridgehead atoms. The maximum absolute atomic E-state index is 12.6. The van der Waals surface area contributed by atoms with Gasteiger partial charge in [0.15, 0.2) is 5.15 Å². The van der Waals surface area contributed by atoms with Crippen LogP contribution in [0.2, 0.25) is 5.15 Å². The Morgan fingerprint density at radius 1 is 1.52 bits per heavy atom. The van der Waals surface area contributed by atoms with E-state index in [0.717, 1.165) is 5.69 Å². The molecule has 1 amide bonds. The second-order valence-corrected chi connectivity index (χ2v) is 7.02. The van der Waals surface area contributed by atoms with E-state index in [-0.39, 0.29) is 17.0 Å². The second kappa shape index (κ2) is 7.70. The van der Waals surface area contributed by atoms with Crippen molar-refractivity contribution in [3.8, 4) is 5.69 Å². The number of aromatic nitrogens is 3. The van der Waals surface area contributed by atoms with Crippen molar-refractivity contribution in [2.24, 2.45) is 5.92 Å². The molecule has 0 aliphatic rings. The molecule has 6 nitrogen and oxygen atoms in total. The van der Waals surface area contributed by atoms with E-state index in [1.54, 1.807) is 47.4 Å². The summed E-state index contributed by atoms with van der Waals surface area (Å²) in [5.41, 5.74) is 1.30. The summed E-state index contributed by atoms with van der Waals surface area (Å²) >= 11 is 6.22. The summed E-state index contributed by atoms with van der Waals surface area (Å²) in [6.45, 7) is 4.09. The van der Waals surface area contributed by atoms with Gasteiger partial charge in [0, 0.05) is 41.5 Å². The number of rotatable bonds is 6. The first-order valence-corrected chi connectivity index (χ1v) is 9.31. The minimum Gasteiger partial charge on any atom is -0.308 e. The highest BCUT2D eigenvalue weighted by Gasteiger charge is 2.25. The van der Waals surface area contributed by atoms with E-state index in [4.69, 9.17) is 11.6 Å². The topological polar surface area (TPSA) is 68.1 Å². The number of amides is 1. The van der Waals surface area contributed by atoms with Gasteiger partial charge in [-0.05, 0) is 19.1 Å². The predicted molar refractivity (Wildman–Crippen MR) is 92.5 cm³/mol. The molecule has 0 spiro atoms. The Hall–Kier alpha value is -1.73. The van der Waals surface area contributed by atoms with Crippen LogP contribution in [0.5, 0.6) is 0 Å². The molecular weight excluding hydrogens is 336 g/mol. The summed E-state index contributed by atoms with van der Waals surface area (Å²) in [6.07, 6.45) is 6.63. The first kappa shape index (κ1) is 17.6. The Labute approximate surface area is 142 Å². The van der Waals surface area contributed by atoms with Gasteiger partial charge in [-0.15, -0.1) is 0 Å². The van der Waals surface area contributed by atoms with E-state index < -0.39 is 10.8 Å². The molecule has 0 saturated carbocycles. The van der Waals surface area contributed by atoms with Crippen molar-refractivity contribution in [1.29, 1.82) is 0 Å². The molecule has 2 unspecified atom stereocenters. The third kappa shape index (κ3) is 4.17. The van der Waals surface area contributed by atoms with E-state index in [9.17, 15) is 9.00 Å². The highest BCUT2D eigenvalue weighted by Crippen LogP contribution is 2.27. The fraction of sp³-hybridized carbons (Fsp3) is 0.400. The summed E-state index contributed by atoms with van der Waals surface area (Å²) in [4.78, 5) is 18.2. The fourth-order valence-corrected chi connectivity index (χ4v) is 3.36. The Morgan fingerprint density at radius 2 is 2.26 bits per heavy atom. The average Bonchev–Trinajstić information content (AvgIpc) is 2.90. The highest BCUT2D eigenvalue weighted by atomic mass is 35.5. The molecule has 0 aliphatic carbocycles. The smallest absolute Gasteiger partial charge is 0.230 e. The Bertz CT molecular complexity index is 705. The van der Waals surface area contributed by atoms with Gasteiger partial charge in [0.25, 0.3) is 0 Å². The third-order valence-electron chi connectivity index (χ3n) is 3.34. The maximum atomic E-state index is 12.6. The van der Waals surface area contributed by atoms with Crippen LogP contribution in [0.1, 0.15) is 13.8 Å². The van der Waals surface area contributed by atoms with E-state index in [0.29, 0.717) is 18.0 Å². The van der Waals surface area contributed by atoms with Crippen molar-refractivity contribution >= 4 is 34.0 Å².